The SMILES string of the molecule is COc1cccc(CNC(=O)COc2cccc(NC(=O)c3ccccc3)c2)c1. The summed E-state index contributed by atoms with van der Waals surface area (Å²) in [4.78, 5) is 24.3. The predicted octanol–water partition coefficient (Wildman–Crippen LogP) is 3.64. The Bertz CT molecular complexity index is 973. The molecule has 2 amide bonds. The van der Waals surface area contributed by atoms with Gasteiger partial charge in [0.2, 0.25) is 0 Å². The first kappa shape index (κ1) is 19.9. The van der Waals surface area contributed by atoms with E-state index in [-0.39, 0.29) is 18.4 Å². The second kappa shape index (κ2) is 9.94. The number of hydrogen-bond acceptors (Lipinski definition) is 4. The van der Waals surface area contributed by atoms with Crippen LogP contribution in [0.25, 0.3) is 0 Å². The number of anilines is 1. The Balaban J connectivity index is 1.49. The van der Waals surface area contributed by atoms with E-state index in [0.29, 0.717) is 23.5 Å². The van der Waals surface area contributed by atoms with Gasteiger partial charge in [-0.1, -0.05) is 36.4 Å². The second-order valence-electron chi connectivity index (χ2n) is 6.26. The third-order valence-electron chi connectivity index (χ3n) is 4.12. The third kappa shape index (κ3) is 6.10. The van der Waals surface area contributed by atoms with E-state index in [0.717, 1.165) is 11.3 Å². The number of nitrogens with one attached hydrogen (secondary N) is 2. The van der Waals surface area contributed by atoms with Crippen molar-refractivity contribution in [1.82, 2.24) is 5.32 Å². The summed E-state index contributed by atoms with van der Waals surface area (Å²) >= 11 is 0. The van der Waals surface area contributed by atoms with Gasteiger partial charge >= 0.3 is 0 Å². The first-order chi connectivity index (χ1) is 14.1. The van der Waals surface area contributed by atoms with Gasteiger partial charge in [0.15, 0.2) is 6.61 Å². The zero-order valence-corrected chi connectivity index (χ0v) is 16.1. The highest BCUT2D eigenvalue weighted by atomic mass is 16.5. The van der Waals surface area contributed by atoms with Crippen molar-refractivity contribution in [3.63, 3.8) is 0 Å². The van der Waals surface area contributed by atoms with Crippen LogP contribution in [0.3, 0.4) is 0 Å². The zero-order chi connectivity index (χ0) is 20.5. The molecule has 6 nitrogen and oxygen atoms in total. The molecule has 0 fully saturated rings. The van der Waals surface area contributed by atoms with Crippen LogP contribution in [0.4, 0.5) is 5.69 Å². The summed E-state index contributed by atoms with van der Waals surface area (Å²) < 4.78 is 10.7. The maximum absolute atomic E-state index is 12.2. The molecule has 148 valence electrons. The van der Waals surface area contributed by atoms with E-state index >= 15 is 0 Å². The Morgan fingerprint density at radius 3 is 2.41 bits per heavy atom. The second-order valence-corrected chi connectivity index (χ2v) is 6.26. The van der Waals surface area contributed by atoms with Crippen LogP contribution >= 0.6 is 0 Å². The van der Waals surface area contributed by atoms with E-state index in [4.69, 9.17) is 9.47 Å². The number of benzene rings is 3. The molecule has 0 saturated heterocycles. The Morgan fingerprint density at radius 2 is 1.62 bits per heavy atom. The van der Waals surface area contributed by atoms with Crippen molar-refractivity contribution in [1.29, 1.82) is 0 Å². The number of carbonyl (C=O) groups excluding carboxylic acids is 2. The highest BCUT2D eigenvalue weighted by molar-refractivity contribution is 6.04. The molecule has 0 spiro atoms. The number of carbonyl (C=O) groups is 2. The number of methoxy groups -OCH3 is 1. The standard InChI is InChI=1S/C23H22N2O4/c1-28-20-11-5-7-17(13-20)15-24-22(26)16-29-21-12-6-10-19(14-21)25-23(27)18-8-3-2-4-9-18/h2-14H,15-16H2,1H3,(H,24,26)(H,25,27). The summed E-state index contributed by atoms with van der Waals surface area (Å²) in [5.74, 6) is 0.778. The van der Waals surface area contributed by atoms with Gasteiger partial charge in [-0.15, -0.1) is 0 Å². The van der Waals surface area contributed by atoms with Gasteiger partial charge in [0.25, 0.3) is 11.8 Å². The topological polar surface area (TPSA) is 76.7 Å². The van der Waals surface area contributed by atoms with Crippen LogP contribution in [-0.4, -0.2) is 25.5 Å². The first-order valence-electron chi connectivity index (χ1n) is 9.13. The molecule has 0 aromatic heterocycles. The highest BCUT2D eigenvalue weighted by Gasteiger charge is 2.07. The maximum atomic E-state index is 12.2. The van der Waals surface area contributed by atoms with E-state index < -0.39 is 0 Å². The van der Waals surface area contributed by atoms with Crippen molar-refractivity contribution in [2.24, 2.45) is 0 Å². The van der Waals surface area contributed by atoms with Gasteiger partial charge in [-0.3, -0.25) is 9.59 Å². The summed E-state index contributed by atoms with van der Waals surface area (Å²) in [5, 5.41) is 5.61. The molecule has 0 atom stereocenters. The largest absolute Gasteiger partial charge is 0.497 e. The molecule has 0 aliphatic rings. The van der Waals surface area contributed by atoms with E-state index in [1.165, 1.54) is 0 Å². The van der Waals surface area contributed by atoms with E-state index in [9.17, 15) is 9.59 Å². The van der Waals surface area contributed by atoms with Crippen molar-refractivity contribution < 1.29 is 19.1 Å². The molecule has 0 bridgehead atoms. The van der Waals surface area contributed by atoms with Crippen molar-refractivity contribution >= 4 is 17.5 Å². The van der Waals surface area contributed by atoms with Gasteiger partial charge in [-0.25, -0.2) is 0 Å². The van der Waals surface area contributed by atoms with Gasteiger partial charge < -0.3 is 20.1 Å². The monoisotopic (exact) mass is 390 g/mol. The fourth-order valence-electron chi connectivity index (χ4n) is 2.64. The van der Waals surface area contributed by atoms with Gasteiger partial charge in [-0.05, 0) is 42.0 Å². The molecular formula is C23H22N2O4. The first-order valence-corrected chi connectivity index (χ1v) is 9.13. The lowest BCUT2D eigenvalue weighted by Crippen LogP contribution is -2.28. The number of ether oxygens (including phenoxy) is 2. The van der Waals surface area contributed by atoms with Crippen molar-refractivity contribution in [3.05, 3.63) is 90.0 Å². The van der Waals surface area contributed by atoms with Crippen LogP contribution in [0, 0.1) is 0 Å². The number of hydrogen-bond donors (Lipinski definition) is 2. The summed E-state index contributed by atoms with van der Waals surface area (Å²) in [5.41, 5.74) is 2.09. The molecule has 0 unspecified atom stereocenters. The molecule has 29 heavy (non-hydrogen) atoms. The highest BCUT2D eigenvalue weighted by Crippen LogP contribution is 2.18. The minimum absolute atomic E-state index is 0.125. The van der Waals surface area contributed by atoms with Gasteiger partial charge in [0.05, 0.1) is 7.11 Å². The van der Waals surface area contributed by atoms with Gasteiger partial charge in [0.1, 0.15) is 11.5 Å². The van der Waals surface area contributed by atoms with Crippen LogP contribution in [0.2, 0.25) is 0 Å². The minimum Gasteiger partial charge on any atom is -0.497 e. The summed E-state index contributed by atoms with van der Waals surface area (Å²) in [6, 6.07) is 23.3. The van der Waals surface area contributed by atoms with Crippen LogP contribution < -0.4 is 20.1 Å². The van der Waals surface area contributed by atoms with Gasteiger partial charge in [-0.2, -0.15) is 0 Å². The molecule has 3 rings (SSSR count). The number of amides is 2. The van der Waals surface area contributed by atoms with E-state index in [2.05, 4.69) is 10.6 Å². The molecule has 6 heteroatoms. The van der Waals surface area contributed by atoms with Crippen LogP contribution in [0.15, 0.2) is 78.9 Å². The lowest BCUT2D eigenvalue weighted by molar-refractivity contribution is -0.123. The molecule has 2 N–H and O–H groups in total. The lowest BCUT2D eigenvalue weighted by atomic mass is 10.2. The minimum atomic E-state index is -0.244. The van der Waals surface area contributed by atoms with Crippen LogP contribution in [0.5, 0.6) is 11.5 Å². The van der Waals surface area contributed by atoms with Crippen molar-refractivity contribution in [3.8, 4) is 11.5 Å². The average molecular weight is 390 g/mol. The maximum Gasteiger partial charge on any atom is 0.258 e. The predicted molar refractivity (Wildman–Crippen MR) is 111 cm³/mol. The Hall–Kier alpha value is -3.80. The van der Waals surface area contributed by atoms with Crippen LogP contribution in [-0.2, 0) is 11.3 Å². The van der Waals surface area contributed by atoms with Crippen molar-refractivity contribution in [2.75, 3.05) is 19.0 Å². The number of rotatable bonds is 8. The molecular weight excluding hydrogens is 368 g/mol. The summed E-state index contributed by atoms with van der Waals surface area (Å²) in [6.07, 6.45) is 0. The summed E-state index contributed by atoms with van der Waals surface area (Å²) in [6.45, 7) is 0.257. The fourth-order valence-corrected chi connectivity index (χ4v) is 2.64. The molecule has 0 radical (unpaired) electrons. The molecule has 0 saturated carbocycles. The molecule has 3 aromatic rings. The molecule has 0 heterocycles. The van der Waals surface area contributed by atoms with Crippen LogP contribution in [0.1, 0.15) is 15.9 Å². The fraction of sp³-hybridized carbons (Fsp3) is 0.130. The smallest absolute Gasteiger partial charge is 0.258 e. The molecule has 0 aliphatic carbocycles. The van der Waals surface area contributed by atoms with E-state index in [1.807, 2.05) is 30.3 Å². The average Bonchev–Trinajstić information content (AvgIpc) is 2.77. The van der Waals surface area contributed by atoms with E-state index in [1.54, 1.807) is 55.6 Å². The Labute approximate surface area is 169 Å². The summed E-state index contributed by atoms with van der Waals surface area (Å²) in [7, 11) is 1.60. The molecule has 0 aliphatic heterocycles. The zero-order valence-electron chi connectivity index (χ0n) is 16.1. The molecule has 3 aromatic carbocycles. The normalized spacial score (nSPS) is 10.1. The Morgan fingerprint density at radius 1 is 0.862 bits per heavy atom. The Kier molecular flexibility index (Phi) is 6.84. The quantitative estimate of drug-likeness (QED) is 0.616. The lowest BCUT2D eigenvalue weighted by Gasteiger charge is -2.10. The van der Waals surface area contributed by atoms with Gasteiger partial charge in [0, 0.05) is 23.9 Å². The van der Waals surface area contributed by atoms with Crippen molar-refractivity contribution in [2.45, 2.75) is 6.54 Å². The third-order valence-corrected chi connectivity index (χ3v) is 4.12.